The van der Waals surface area contributed by atoms with Gasteiger partial charge >= 0.3 is 0 Å². The van der Waals surface area contributed by atoms with Crippen molar-refractivity contribution in [2.45, 2.75) is 52.9 Å². The molecule has 0 N–H and O–H groups in total. The lowest BCUT2D eigenvalue weighted by molar-refractivity contribution is 0.0687. The summed E-state index contributed by atoms with van der Waals surface area (Å²) in [6.07, 6.45) is 6.85. The molecule has 0 heterocycles. The first-order valence-electron chi connectivity index (χ1n) is 5.69. The maximum Gasteiger partial charge on any atom is -0.00627 e. The van der Waals surface area contributed by atoms with Gasteiger partial charge in [-0.25, -0.2) is 0 Å². The minimum Gasteiger partial charge on any atom is -0.0993 e. The van der Waals surface area contributed by atoms with Crippen LogP contribution >= 0.6 is 0 Å². The highest BCUT2D eigenvalue weighted by molar-refractivity contribution is 5.21. The van der Waals surface area contributed by atoms with Crippen molar-refractivity contribution in [3.05, 3.63) is 12.2 Å². The van der Waals surface area contributed by atoms with E-state index in [-0.39, 0.29) is 0 Å². The van der Waals surface area contributed by atoms with E-state index in [0.717, 1.165) is 5.92 Å². The molecule has 0 aromatic heterocycles. The second-order valence-electron chi connectivity index (χ2n) is 5.65. The van der Waals surface area contributed by atoms with Crippen molar-refractivity contribution in [1.29, 1.82) is 0 Å². The van der Waals surface area contributed by atoms with E-state index >= 15 is 0 Å². The molecule has 0 bridgehead atoms. The van der Waals surface area contributed by atoms with Crippen molar-refractivity contribution in [3.8, 4) is 0 Å². The van der Waals surface area contributed by atoms with Crippen molar-refractivity contribution >= 4 is 0 Å². The van der Waals surface area contributed by atoms with Crippen molar-refractivity contribution in [2.75, 3.05) is 0 Å². The Bertz CT molecular complexity index is 240. The van der Waals surface area contributed by atoms with Crippen LogP contribution < -0.4 is 0 Å². The van der Waals surface area contributed by atoms with Crippen LogP contribution in [0.1, 0.15) is 52.9 Å². The van der Waals surface area contributed by atoms with Gasteiger partial charge in [0.25, 0.3) is 0 Å². The van der Waals surface area contributed by atoms with Crippen LogP contribution in [0.3, 0.4) is 0 Å². The fourth-order valence-corrected chi connectivity index (χ4v) is 3.70. The van der Waals surface area contributed by atoms with Crippen LogP contribution in [-0.4, -0.2) is 0 Å². The summed E-state index contributed by atoms with van der Waals surface area (Å²) in [5.74, 6) is 0.898. The van der Waals surface area contributed by atoms with Crippen LogP contribution in [0.4, 0.5) is 0 Å². The quantitative estimate of drug-likeness (QED) is 0.488. The maximum absolute atomic E-state index is 4.31. The average molecular weight is 178 g/mol. The van der Waals surface area contributed by atoms with Crippen LogP contribution in [0.15, 0.2) is 12.2 Å². The molecule has 74 valence electrons. The Balaban J connectivity index is 2.40. The first-order chi connectivity index (χ1) is 6.01. The summed E-state index contributed by atoms with van der Waals surface area (Å²) in [6.45, 7) is 11.7. The molecule has 0 amide bonds. The van der Waals surface area contributed by atoms with Gasteiger partial charge in [0.2, 0.25) is 0 Å². The van der Waals surface area contributed by atoms with Crippen molar-refractivity contribution in [2.24, 2.45) is 16.7 Å². The summed E-state index contributed by atoms with van der Waals surface area (Å²) in [5.41, 5.74) is 2.55. The van der Waals surface area contributed by atoms with Crippen LogP contribution in [-0.2, 0) is 0 Å². The van der Waals surface area contributed by atoms with Crippen LogP contribution in [0.5, 0.6) is 0 Å². The van der Waals surface area contributed by atoms with Gasteiger partial charge in [-0.3, -0.25) is 0 Å². The van der Waals surface area contributed by atoms with Crippen molar-refractivity contribution in [1.82, 2.24) is 0 Å². The molecule has 2 fully saturated rings. The molecule has 3 atom stereocenters. The summed E-state index contributed by atoms with van der Waals surface area (Å²) in [6, 6.07) is 0. The molecule has 0 aromatic rings. The van der Waals surface area contributed by atoms with Gasteiger partial charge in [0.1, 0.15) is 0 Å². The van der Waals surface area contributed by atoms with E-state index < -0.39 is 0 Å². The van der Waals surface area contributed by atoms with Crippen LogP contribution in [0, 0.1) is 16.7 Å². The molecular weight excluding hydrogens is 156 g/mol. The molecule has 0 nitrogen and oxygen atoms in total. The van der Waals surface area contributed by atoms with E-state index in [1.54, 1.807) is 0 Å². The highest BCUT2D eigenvalue weighted by atomic mass is 14.6. The molecule has 0 saturated heterocycles. The molecule has 0 heteroatoms. The zero-order valence-corrected chi connectivity index (χ0v) is 9.32. The van der Waals surface area contributed by atoms with E-state index in [4.69, 9.17) is 0 Å². The smallest absolute Gasteiger partial charge is 0.00627 e. The summed E-state index contributed by atoms with van der Waals surface area (Å²) in [4.78, 5) is 0. The Hall–Kier alpha value is -0.260. The molecule has 0 spiro atoms. The Kier molecular flexibility index (Phi) is 1.87. The molecule has 13 heavy (non-hydrogen) atoms. The topological polar surface area (TPSA) is 0 Å². The fraction of sp³-hybridized carbons (Fsp3) is 0.846. The number of allylic oxidation sites excluding steroid dienone is 1. The summed E-state index contributed by atoms with van der Waals surface area (Å²) < 4.78 is 0. The third-order valence-corrected chi connectivity index (χ3v) is 5.38. The largest absolute Gasteiger partial charge is 0.0993 e. The predicted molar refractivity (Wildman–Crippen MR) is 57.6 cm³/mol. The molecule has 2 unspecified atom stereocenters. The molecule has 2 rings (SSSR count). The van der Waals surface area contributed by atoms with E-state index in [0.29, 0.717) is 10.8 Å². The van der Waals surface area contributed by atoms with E-state index in [1.807, 2.05) is 0 Å². The minimum atomic E-state index is 0.463. The third kappa shape index (κ3) is 0.978. The normalized spacial score (nSPS) is 50.7. The SMILES string of the molecule is C=C1CCCC2(C)C(C)CC[C@@]12C. The fourth-order valence-electron chi connectivity index (χ4n) is 3.70. The second-order valence-corrected chi connectivity index (χ2v) is 5.65. The second kappa shape index (κ2) is 2.62. The van der Waals surface area contributed by atoms with E-state index in [1.165, 1.54) is 37.7 Å². The van der Waals surface area contributed by atoms with Gasteiger partial charge < -0.3 is 0 Å². The molecule has 0 radical (unpaired) electrons. The lowest BCUT2D eigenvalue weighted by atomic mass is 9.55. The summed E-state index contributed by atoms with van der Waals surface area (Å²) >= 11 is 0. The van der Waals surface area contributed by atoms with Gasteiger partial charge in [-0.1, -0.05) is 32.9 Å². The third-order valence-electron chi connectivity index (χ3n) is 5.38. The molecule has 2 aliphatic rings. The first-order valence-corrected chi connectivity index (χ1v) is 5.69. The van der Waals surface area contributed by atoms with Gasteiger partial charge in [0.05, 0.1) is 0 Å². The molecule has 0 aromatic carbocycles. The first kappa shape index (κ1) is 9.30. The molecule has 2 saturated carbocycles. The van der Waals surface area contributed by atoms with Gasteiger partial charge in [-0.15, -0.1) is 0 Å². The summed E-state index contributed by atoms with van der Waals surface area (Å²) in [7, 11) is 0. The number of fused-ring (bicyclic) bond motifs is 1. The lowest BCUT2D eigenvalue weighted by Gasteiger charge is -2.49. The Morgan fingerprint density at radius 2 is 2.00 bits per heavy atom. The number of rotatable bonds is 0. The van der Waals surface area contributed by atoms with Gasteiger partial charge in [-0.05, 0) is 48.9 Å². The van der Waals surface area contributed by atoms with Crippen molar-refractivity contribution < 1.29 is 0 Å². The minimum absolute atomic E-state index is 0.463. The Morgan fingerprint density at radius 1 is 1.31 bits per heavy atom. The van der Waals surface area contributed by atoms with Crippen LogP contribution in [0.2, 0.25) is 0 Å². The zero-order valence-electron chi connectivity index (χ0n) is 9.32. The molecule has 2 aliphatic carbocycles. The van der Waals surface area contributed by atoms with Crippen molar-refractivity contribution in [3.63, 3.8) is 0 Å². The highest BCUT2D eigenvalue weighted by Gasteiger charge is 2.54. The Labute approximate surface area is 82.4 Å². The number of hydrogen-bond donors (Lipinski definition) is 0. The maximum atomic E-state index is 4.31. The van der Waals surface area contributed by atoms with E-state index in [9.17, 15) is 0 Å². The predicted octanol–water partition coefficient (Wildman–Crippen LogP) is 4.17. The highest BCUT2D eigenvalue weighted by Crippen LogP contribution is 2.64. The Morgan fingerprint density at radius 3 is 2.62 bits per heavy atom. The standard InChI is InChI=1S/C13H22/c1-10-6-5-8-12(3)11(2)7-9-13(10,12)4/h11H,1,5-9H2,2-4H3/t11?,12?,13-/m0/s1. The molecular formula is C13H22. The number of hydrogen-bond acceptors (Lipinski definition) is 0. The monoisotopic (exact) mass is 178 g/mol. The van der Waals surface area contributed by atoms with Gasteiger partial charge in [-0.2, -0.15) is 0 Å². The molecule has 0 aliphatic heterocycles. The zero-order chi connectivity index (χ0) is 9.69. The summed E-state index contributed by atoms with van der Waals surface area (Å²) in [5, 5.41) is 0. The van der Waals surface area contributed by atoms with Gasteiger partial charge in [0.15, 0.2) is 0 Å². The lowest BCUT2D eigenvalue weighted by Crippen LogP contribution is -2.40. The average Bonchev–Trinajstić information content (AvgIpc) is 2.31. The van der Waals surface area contributed by atoms with Crippen LogP contribution in [0.25, 0.3) is 0 Å². The van der Waals surface area contributed by atoms with E-state index in [2.05, 4.69) is 27.4 Å². The van der Waals surface area contributed by atoms with Gasteiger partial charge in [0, 0.05) is 0 Å².